The lowest BCUT2D eigenvalue weighted by Crippen LogP contribution is -2.29. The predicted molar refractivity (Wildman–Crippen MR) is 112 cm³/mol. The van der Waals surface area contributed by atoms with Crippen molar-refractivity contribution in [1.29, 1.82) is 0 Å². The van der Waals surface area contributed by atoms with Crippen LogP contribution in [0.3, 0.4) is 0 Å². The largest absolute Gasteiger partial charge is 0.466 e. The zero-order valence-corrected chi connectivity index (χ0v) is 17.4. The molecule has 3 aromatic rings. The van der Waals surface area contributed by atoms with Crippen molar-refractivity contribution < 1.29 is 9.53 Å². The molecule has 0 bridgehead atoms. The third-order valence-electron chi connectivity index (χ3n) is 4.57. The van der Waals surface area contributed by atoms with Crippen LogP contribution in [0.2, 0.25) is 5.02 Å². The molecule has 0 saturated carbocycles. The van der Waals surface area contributed by atoms with Crippen LogP contribution in [0.15, 0.2) is 65.2 Å². The van der Waals surface area contributed by atoms with Crippen LogP contribution < -0.4 is 5.32 Å². The Morgan fingerprint density at radius 1 is 1.28 bits per heavy atom. The Balaban J connectivity index is 1.69. The van der Waals surface area contributed by atoms with Crippen LogP contribution in [-0.2, 0) is 15.3 Å². The fraction of sp³-hybridized carbons (Fsp3) is 0.200. The number of aromatic nitrogens is 4. The molecule has 0 aliphatic carbocycles. The number of hydrogen-bond acceptors (Lipinski definition) is 7. The SMILES string of the molecule is COC(=O)C1=C(C)Nc2nc(SCc3ccccc3Cl)nn2C1c1ccncc1. The Hall–Kier alpha value is -2.84. The van der Waals surface area contributed by atoms with Gasteiger partial charge in [0.05, 0.1) is 12.7 Å². The van der Waals surface area contributed by atoms with Crippen molar-refractivity contribution in [3.8, 4) is 0 Å². The van der Waals surface area contributed by atoms with Gasteiger partial charge >= 0.3 is 5.97 Å². The number of carbonyl (C=O) groups is 1. The summed E-state index contributed by atoms with van der Waals surface area (Å²) in [6.45, 7) is 1.83. The first-order valence-corrected chi connectivity index (χ1v) is 10.2. The number of anilines is 1. The molecule has 0 amide bonds. The van der Waals surface area contributed by atoms with E-state index in [2.05, 4.69) is 20.4 Å². The smallest absolute Gasteiger partial charge is 0.338 e. The molecule has 1 aliphatic rings. The van der Waals surface area contributed by atoms with Gasteiger partial charge in [0.1, 0.15) is 6.04 Å². The minimum atomic E-state index is -0.455. The van der Waals surface area contributed by atoms with Gasteiger partial charge in [-0.15, -0.1) is 5.10 Å². The maximum Gasteiger partial charge on any atom is 0.338 e. The minimum absolute atomic E-state index is 0.414. The monoisotopic (exact) mass is 427 g/mol. The van der Waals surface area contributed by atoms with Gasteiger partial charge in [0.2, 0.25) is 11.1 Å². The number of nitrogens with zero attached hydrogens (tertiary/aromatic N) is 4. The second kappa shape index (κ2) is 8.26. The van der Waals surface area contributed by atoms with Gasteiger partial charge in [-0.05, 0) is 36.2 Å². The normalized spacial score (nSPS) is 15.6. The first-order chi connectivity index (χ1) is 14.1. The van der Waals surface area contributed by atoms with E-state index in [0.29, 0.717) is 33.2 Å². The topological polar surface area (TPSA) is 81.9 Å². The van der Waals surface area contributed by atoms with Crippen molar-refractivity contribution in [2.45, 2.75) is 23.9 Å². The summed E-state index contributed by atoms with van der Waals surface area (Å²) in [5.41, 5.74) is 3.05. The van der Waals surface area contributed by atoms with E-state index in [-0.39, 0.29) is 0 Å². The fourth-order valence-corrected chi connectivity index (χ4v) is 4.29. The van der Waals surface area contributed by atoms with Crippen LogP contribution in [-0.4, -0.2) is 32.8 Å². The number of methoxy groups -OCH3 is 1. The maximum atomic E-state index is 12.5. The van der Waals surface area contributed by atoms with Gasteiger partial charge in [0.15, 0.2) is 0 Å². The van der Waals surface area contributed by atoms with Crippen LogP contribution in [0.25, 0.3) is 0 Å². The second-order valence-corrected chi connectivity index (χ2v) is 7.73. The Morgan fingerprint density at radius 3 is 2.76 bits per heavy atom. The van der Waals surface area contributed by atoms with E-state index in [1.807, 2.05) is 43.3 Å². The van der Waals surface area contributed by atoms with Crippen LogP contribution in [0.5, 0.6) is 0 Å². The number of thioether (sulfide) groups is 1. The van der Waals surface area contributed by atoms with Crippen molar-refractivity contribution in [1.82, 2.24) is 19.7 Å². The zero-order chi connectivity index (χ0) is 20.4. The molecular weight excluding hydrogens is 410 g/mol. The summed E-state index contributed by atoms with van der Waals surface area (Å²) in [4.78, 5) is 21.2. The van der Waals surface area contributed by atoms with E-state index >= 15 is 0 Å². The molecule has 0 saturated heterocycles. The van der Waals surface area contributed by atoms with E-state index in [4.69, 9.17) is 16.3 Å². The standard InChI is InChI=1S/C20H18ClN5O2S/c1-12-16(18(27)28-2)17(13-7-9-22-10-8-13)26-19(23-12)24-20(25-26)29-11-14-5-3-4-6-15(14)21/h3-10,17H,11H2,1-2H3,(H,23,24,25). The summed E-state index contributed by atoms with van der Waals surface area (Å²) < 4.78 is 6.73. The quantitative estimate of drug-likeness (QED) is 0.485. The summed E-state index contributed by atoms with van der Waals surface area (Å²) in [5.74, 6) is 0.793. The number of rotatable bonds is 5. The molecule has 9 heteroatoms. The molecule has 4 rings (SSSR count). The van der Waals surface area contributed by atoms with Gasteiger partial charge in [-0.2, -0.15) is 4.98 Å². The molecule has 1 aromatic carbocycles. The van der Waals surface area contributed by atoms with E-state index in [1.165, 1.54) is 18.9 Å². The number of nitrogens with one attached hydrogen (secondary N) is 1. The lowest BCUT2D eigenvalue weighted by molar-refractivity contribution is -0.136. The second-order valence-electron chi connectivity index (χ2n) is 6.38. The Kier molecular flexibility index (Phi) is 5.55. The number of carbonyl (C=O) groups excluding carboxylic acids is 1. The van der Waals surface area contributed by atoms with Gasteiger partial charge in [0, 0.05) is 28.9 Å². The number of esters is 1. The van der Waals surface area contributed by atoms with Crippen LogP contribution in [0.1, 0.15) is 24.1 Å². The molecule has 1 N–H and O–H groups in total. The maximum absolute atomic E-state index is 12.5. The highest BCUT2D eigenvalue weighted by Crippen LogP contribution is 2.36. The number of fused-ring (bicyclic) bond motifs is 1. The van der Waals surface area contributed by atoms with Crippen LogP contribution >= 0.6 is 23.4 Å². The Bertz CT molecular complexity index is 1080. The number of benzene rings is 1. The third kappa shape index (κ3) is 3.86. The predicted octanol–water partition coefficient (Wildman–Crippen LogP) is 4.08. The molecule has 1 atom stereocenters. The van der Waals surface area contributed by atoms with Gasteiger partial charge in [-0.3, -0.25) is 4.98 Å². The molecule has 7 nitrogen and oxygen atoms in total. The number of halogens is 1. The molecule has 2 aromatic heterocycles. The van der Waals surface area contributed by atoms with E-state index in [9.17, 15) is 4.79 Å². The lowest BCUT2D eigenvalue weighted by Gasteiger charge is -2.27. The fourth-order valence-electron chi connectivity index (χ4n) is 3.18. The van der Waals surface area contributed by atoms with Crippen LogP contribution in [0.4, 0.5) is 5.95 Å². The van der Waals surface area contributed by atoms with Crippen molar-refractivity contribution in [3.05, 3.63) is 76.2 Å². The van der Waals surface area contributed by atoms with Gasteiger partial charge in [0.25, 0.3) is 0 Å². The van der Waals surface area contributed by atoms with E-state index in [1.54, 1.807) is 17.1 Å². The summed E-state index contributed by atoms with van der Waals surface area (Å²) >= 11 is 7.73. The lowest BCUT2D eigenvalue weighted by atomic mass is 9.97. The average Bonchev–Trinajstić information content (AvgIpc) is 3.14. The minimum Gasteiger partial charge on any atom is -0.466 e. The Morgan fingerprint density at radius 2 is 2.03 bits per heavy atom. The molecule has 1 unspecified atom stereocenters. The first-order valence-electron chi connectivity index (χ1n) is 8.87. The van der Waals surface area contributed by atoms with Gasteiger partial charge < -0.3 is 10.1 Å². The highest BCUT2D eigenvalue weighted by molar-refractivity contribution is 7.98. The highest BCUT2D eigenvalue weighted by Gasteiger charge is 2.34. The van der Waals surface area contributed by atoms with E-state index in [0.717, 1.165) is 11.1 Å². The summed E-state index contributed by atoms with van der Waals surface area (Å²) in [6.07, 6.45) is 3.37. The highest BCUT2D eigenvalue weighted by atomic mass is 35.5. The van der Waals surface area contributed by atoms with Gasteiger partial charge in [-0.25, -0.2) is 9.48 Å². The summed E-state index contributed by atoms with van der Waals surface area (Å²) in [5, 5.41) is 9.12. The first kappa shape index (κ1) is 19.5. The van der Waals surface area contributed by atoms with Crippen molar-refractivity contribution in [2.75, 3.05) is 12.4 Å². The zero-order valence-electron chi connectivity index (χ0n) is 15.8. The van der Waals surface area contributed by atoms with Crippen molar-refractivity contribution >= 4 is 35.3 Å². The number of allylic oxidation sites excluding steroid dienone is 1. The third-order valence-corrected chi connectivity index (χ3v) is 5.83. The molecule has 0 spiro atoms. The number of ether oxygens (including phenoxy) is 1. The van der Waals surface area contributed by atoms with Gasteiger partial charge in [-0.1, -0.05) is 41.6 Å². The van der Waals surface area contributed by atoms with E-state index < -0.39 is 12.0 Å². The molecule has 0 radical (unpaired) electrons. The molecule has 3 heterocycles. The van der Waals surface area contributed by atoms with Crippen molar-refractivity contribution in [2.24, 2.45) is 0 Å². The molecule has 148 valence electrons. The van der Waals surface area contributed by atoms with Crippen LogP contribution in [0, 0.1) is 0 Å². The average molecular weight is 428 g/mol. The molecule has 0 fully saturated rings. The summed E-state index contributed by atoms with van der Waals surface area (Å²) in [6, 6.07) is 10.9. The number of pyridine rings is 1. The number of hydrogen-bond donors (Lipinski definition) is 1. The molecule has 29 heavy (non-hydrogen) atoms. The molecule has 1 aliphatic heterocycles. The van der Waals surface area contributed by atoms with Crippen molar-refractivity contribution in [3.63, 3.8) is 0 Å². The molecular formula is C20H18ClN5O2S. The Labute approximate surface area is 177 Å². The summed E-state index contributed by atoms with van der Waals surface area (Å²) in [7, 11) is 1.37.